The summed E-state index contributed by atoms with van der Waals surface area (Å²) < 4.78 is 4.91. The van der Waals surface area contributed by atoms with Gasteiger partial charge in [-0.2, -0.15) is 0 Å². The summed E-state index contributed by atoms with van der Waals surface area (Å²) in [5, 5.41) is 13.8. The van der Waals surface area contributed by atoms with Crippen LogP contribution < -0.4 is 10.1 Å². The van der Waals surface area contributed by atoms with Gasteiger partial charge in [-0.1, -0.05) is 0 Å². The molecule has 0 aliphatic heterocycles. The molecule has 7 nitrogen and oxygen atoms in total. The number of pyridine rings is 1. The highest BCUT2D eigenvalue weighted by Gasteiger charge is 2.19. The van der Waals surface area contributed by atoms with E-state index in [0.717, 1.165) is 5.56 Å². The number of hydrogen-bond donors (Lipinski definition) is 1. The Morgan fingerprint density at radius 2 is 2.00 bits per heavy atom. The number of rotatable bonds is 5. The zero-order valence-electron chi connectivity index (χ0n) is 12.1. The van der Waals surface area contributed by atoms with Crippen molar-refractivity contribution < 1.29 is 14.5 Å². The topological polar surface area (TPSA) is 94.4 Å². The third-order valence-electron chi connectivity index (χ3n) is 3.19. The zero-order valence-corrected chi connectivity index (χ0v) is 12.1. The van der Waals surface area contributed by atoms with Gasteiger partial charge in [0, 0.05) is 24.0 Å². The average Bonchev–Trinajstić information content (AvgIpc) is 2.54. The molecule has 1 amide bonds. The van der Waals surface area contributed by atoms with Crippen LogP contribution in [-0.4, -0.2) is 22.9 Å². The summed E-state index contributed by atoms with van der Waals surface area (Å²) in [7, 11) is 1.34. The first-order valence-corrected chi connectivity index (χ1v) is 6.56. The highest BCUT2D eigenvalue weighted by Crippen LogP contribution is 2.27. The molecule has 114 valence electrons. The molecule has 0 saturated carbocycles. The minimum Gasteiger partial charge on any atom is -0.490 e. The number of nitro groups is 1. The summed E-state index contributed by atoms with van der Waals surface area (Å²) in [5.41, 5.74) is 0.853. The standard InChI is InChI=1S/C15H15N3O4/c1-10(11-5-7-16-8-6-11)17-15(19)12-3-4-14(22-2)13(9-12)18(20)21/h3-10H,1-2H3,(H,17,19)/t10-/m1/s1. The van der Waals surface area contributed by atoms with Crippen molar-refractivity contribution in [1.29, 1.82) is 0 Å². The maximum absolute atomic E-state index is 12.2. The minimum atomic E-state index is -0.581. The summed E-state index contributed by atoms with van der Waals surface area (Å²) >= 11 is 0. The number of nitrogens with one attached hydrogen (secondary N) is 1. The highest BCUT2D eigenvalue weighted by atomic mass is 16.6. The summed E-state index contributed by atoms with van der Waals surface area (Å²) in [6.45, 7) is 1.82. The van der Waals surface area contributed by atoms with Gasteiger partial charge in [-0.05, 0) is 36.8 Å². The van der Waals surface area contributed by atoms with E-state index in [2.05, 4.69) is 10.3 Å². The normalized spacial score (nSPS) is 11.5. The molecular weight excluding hydrogens is 286 g/mol. The summed E-state index contributed by atoms with van der Waals surface area (Å²) in [6.07, 6.45) is 3.27. The van der Waals surface area contributed by atoms with Gasteiger partial charge in [0.25, 0.3) is 5.91 Å². The molecule has 0 spiro atoms. The Balaban J connectivity index is 2.19. The van der Waals surface area contributed by atoms with Crippen LogP contribution in [0.2, 0.25) is 0 Å². The summed E-state index contributed by atoms with van der Waals surface area (Å²) in [6, 6.07) is 7.44. The zero-order chi connectivity index (χ0) is 16.1. The lowest BCUT2D eigenvalue weighted by molar-refractivity contribution is -0.385. The second-order valence-electron chi connectivity index (χ2n) is 4.62. The van der Waals surface area contributed by atoms with Gasteiger partial charge < -0.3 is 10.1 Å². The molecule has 1 atom stereocenters. The Morgan fingerprint density at radius 1 is 1.32 bits per heavy atom. The van der Waals surface area contributed by atoms with E-state index >= 15 is 0 Å². The lowest BCUT2D eigenvalue weighted by Crippen LogP contribution is -2.26. The molecule has 22 heavy (non-hydrogen) atoms. The van der Waals surface area contributed by atoms with Gasteiger partial charge in [0.1, 0.15) is 0 Å². The number of ether oxygens (including phenoxy) is 1. The van der Waals surface area contributed by atoms with E-state index < -0.39 is 10.8 Å². The molecule has 0 aliphatic rings. The molecule has 2 rings (SSSR count). The number of carbonyl (C=O) groups excluding carboxylic acids is 1. The Bertz CT molecular complexity index is 688. The molecule has 7 heteroatoms. The van der Waals surface area contributed by atoms with Crippen molar-refractivity contribution in [3.8, 4) is 5.75 Å². The van der Waals surface area contributed by atoms with E-state index in [0.29, 0.717) is 0 Å². The second-order valence-corrected chi connectivity index (χ2v) is 4.62. The van der Waals surface area contributed by atoms with Crippen molar-refractivity contribution in [3.63, 3.8) is 0 Å². The van der Waals surface area contributed by atoms with Crippen LogP contribution in [0.3, 0.4) is 0 Å². The minimum absolute atomic E-state index is 0.115. The second kappa shape index (κ2) is 6.66. The lowest BCUT2D eigenvalue weighted by Gasteiger charge is -2.14. The third-order valence-corrected chi connectivity index (χ3v) is 3.19. The van der Waals surface area contributed by atoms with Gasteiger partial charge in [0.15, 0.2) is 5.75 Å². The molecule has 1 heterocycles. The average molecular weight is 301 g/mol. The molecule has 1 aromatic carbocycles. The predicted molar refractivity (Wildman–Crippen MR) is 79.8 cm³/mol. The van der Waals surface area contributed by atoms with Crippen molar-refractivity contribution in [3.05, 3.63) is 64.0 Å². The number of nitrogens with zero attached hydrogens (tertiary/aromatic N) is 2. The molecule has 0 fully saturated rings. The van der Waals surface area contributed by atoms with Crippen molar-refractivity contribution in [2.75, 3.05) is 7.11 Å². The van der Waals surface area contributed by atoms with Crippen molar-refractivity contribution in [1.82, 2.24) is 10.3 Å². The van der Waals surface area contributed by atoms with E-state index in [-0.39, 0.29) is 23.0 Å². The molecule has 0 bridgehead atoms. The fourth-order valence-corrected chi connectivity index (χ4v) is 1.99. The number of hydrogen-bond acceptors (Lipinski definition) is 5. The van der Waals surface area contributed by atoms with Crippen LogP contribution in [0.1, 0.15) is 28.9 Å². The van der Waals surface area contributed by atoms with Gasteiger partial charge in [-0.3, -0.25) is 19.9 Å². The number of nitro benzene ring substituents is 1. The fraction of sp³-hybridized carbons (Fsp3) is 0.200. The van der Waals surface area contributed by atoms with Crippen molar-refractivity contribution >= 4 is 11.6 Å². The van der Waals surface area contributed by atoms with Gasteiger partial charge >= 0.3 is 5.69 Å². The van der Waals surface area contributed by atoms with Crippen LogP contribution in [0.15, 0.2) is 42.7 Å². The SMILES string of the molecule is COc1ccc(C(=O)N[C@H](C)c2ccncc2)cc1[N+](=O)[O-]. The number of methoxy groups -OCH3 is 1. The first-order valence-electron chi connectivity index (χ1n) is 6.56. The Morgan fingerprint density at radius 3 is 2.59 bits per heavy atom. The maximum atomic E-state index is 12.2. The van der Waals surface area contributed by atoms with Crippen LogP contribution in [0, 0.1) is 10.1 Å². The number of aromatic nitrogens is 1. The molecule has 0 radical (unpaired) electrons. The smallest absolute Gasteiger partial charge is 0.311 e. The van der Waals surface area contributed by atoms with E-state index in [1.54, 1.807) is 24.5 Å². The fourth-order valence-electron chi connectivity index (χ4n) is 1.99. The van der Waals surface area contributed by atoms with Gasteiger partial charge in [-0.15, -0.1) is 0 Å². The van der Waals surface area contributed by atoms with Crippen LogP contribution in [0.25, 0.3) is 0 Å². The highest BCUT2D eigenvalue weighted by molar-refractivity contribution is 5.95. The van der Waals surface area contributed by atoms with Gasteiger partial charge in [0.2, 0.25) is 0 Å². The van der Waals surface area contributed by atoms with Gasteiger partial charge in [0.05, 0.1) is 18.1 Å². The molecule has 1 N–H and O–H groups in total. The monoisotopic (exact) mass is 301 g/mol. The Labute approximate surface area is 127 Å². The van der Waals surface area contributed by atoms with Crippen molar-refractivity contribution in [2.45, 2.75) is 13.0 Å². The number of benzene rings is 1. The Kier molecular flexibility index (Phi) is 4.67. The van der Waals surface area contributed by atoms with E-state index in [4.69, 9.17) is 4.74 Å². The number of amides is 1. The molecule has 0 aliphatic carbocycles. The molecule has 0 saturated heterocycles. The van der Waals surface area contributed by atoms with E-state index in [1.165, 1.54) is 25.3 Å². The van der Waals surface area contributed by atoms with Crippen LogP contribution in [0.5, 0.6) is 5.75 Å². The Hall–Kier alpha value is -2.96. The van der Waals surface area contributed by atoms with Crippen LogP contribution in [-0.2, 0) is 0 Å². The largest absolute Gasteiger partial charge is 0.490 e. The van der Waals surface area contributed by atoms with Crippen LogP contribution in [0.4, 0.5) is 5.69 Å². The predicted octanol–water partition coefficient (Wildman–Crippen LogP) is 2.49. The molecular formula is C15H15N3O4. The van der Waals surface area contributed by atoms with Crippen LogP contribution >= 0.6 is 0 Å². The first-order chi connectivity index (χ1) is 10.5. The maximum Gasteiger partial charge on any atom is 0.311 e. The quantitative estimate of drug-likeness (QED) is 0.676. The molecule has 0 unspecified atom stereocenters. The third kappa shape index (κ3) is 3.38. The first kappa shape index (κ1) is 15.4. The number of carbonyl (C=O) groups is 1. The summed E-state index contributed by atoms with van der Waals surface area (Å²) in [4.78, 5) is 26.5. The van der Waals surface area contributed by atoms with E-state index in [1.807, 2.05) is 6.92 Å². The van der Waals surface area contributed by atoms with E-state index in [9.17, 15) is 14.9 Å². The molecule has 1 aromatic heterocycles. The van der Waals surface area contributed by atoms with Gasteiger partial charge in [-0.25, -0.2) is 0 Å². The molecule has 2 aromatic rings. The summed E-state index contributed by atoms with van der Waals surface area (Å²) in [5.74, 6) is -0.279. The van der Waals surface area contributed by atoms with Crippen molar-refractivity contribution in [2.24, 2.45) is 0 Å². The lowest BCUT2D eigenvalue weighted by atomic mass is 10.1.